The number of carbonyl (C=O) groups excluding carboxylic acids is 2. The Kier molecular flexibility index (Phi) is 4.44. The van der Waals surface area contributed by atoms with Gasteiger partial charge in [0.05, 0.1) is 11.6 Å². The summed E-state index contributed by atoms with van der Waals surface area (Å²) in [6.07, 6.45) is 0. The summed E-state index contributed by atoms with van der Waals surface area (Å²) in [5.74, 6) is -1.58. The smallest absolute Gasteiger partial charge is 0.294 e. The highest BCUT2D eigenvalue weighted by Crippen LogP contribution is 2.43. The second kappa shape index (κ2) is 7.29. The molecule has 1 aliphatic rings. The van der Waals surface area contributed by atoms with Crippen molar-refractivity contribution in [2.45, 2.75) is 13.0 Å². The predicted molar refractivity (Wildman–Crippen MR) is 118 cm³/mol. The van der Waals surface area contributed by atoms with E-state index in [0.29, 0.717) is 11.3 Å². The number of aryl methyl sites for hydroxylation is 1. The number of fused-ring (bicyclic) bond motifs is 1. The van der Waals surface area contributed by atoms with Gasteiger partial charge in [0.15, 0.2) is 11.5 Å². The van der Waals surface area contributed by atoms with Crippen LogP contribution in [0.4, 0.5) is 5.69 Å². The lowest BCUT2D eigenvalue weighted by atomic mass is 9.94. The maximum Gasteiger partial charge on any atom is 0.294 e. The van der Waals surface area contributed by atoms with Crippen LogP contribution in [0.3, 0.4) is 0 Å². The van der Waals surface area contributed by atoms with Crippen molar-refractivity contribution in [2.75, 3.05) is 4.90 Å². The molecule has 0 fully saturated rings. The first-order valence-corrected chi connectivity index (χ1v) is 9.97. The summed E-state index contributed by atoms with van der Waals surface area (Å²) in [6.45, 7) is 1.89. The van der Waals surface area contributed by atoms with Crippen LogP contribution in [-0.4, -0.2) is 16.8 Å². The van der Waals surface area contributed by atoms with Gasteiger partial charge in [-0.25, -0.2) is 0 Å². The number of aliphatic hydroxyl groups excluding tert-OH is 1. The van der Waals surface area contributed by atoms with Gasteiger partial charge in [-0.1, -0.05) is 66.7 Å². The summed E-state index contributed by atoms with van der Waals surface area (Å²) in [5.41, 5.74) is 2.81. The summed E-state index contributed by atoms with van der Waals surface area (Å²) in [7, 11) is 0. The van der Waals surface area contributed by atoms with Crippen molar-refractivity contribution in [2.24, 2.45) is 0 Å². The predicted octanol–water partition coefficient (Wildman–Crippen LogP) is 5.52. The van der Waals surface area contributed by atoms with E-state index in [9.17, 15) is 14.7 Å². The molecule has 0 spiro atoms. The number of para-hydroxylation sites is 2. The Morgan fingerprint density at radius 1 is 0.935 bits per heavy atom. The van der Waals surface area contributed by atoms with Crippen LogP contribution in [0.1, 0.15) is 27.7 Å². The van der Waals surface area contributed by atoms with Gasteiger partial charge >= 0.3 is 0 Å². The second-order valence-corrected chi connectivity index (χ2v) is 7.51. The molecular formula is C26H19NO4. The van der Waals surface area contributed by atoms with Gasteiger partial charge in [-0.3, -0.25) is 14.5 Å². The molecule has 0 bridgehead atoms. The van der Waals surface area contributed by atoms with Crippen LogP contribution in [0.5, 0.6) is 0 Å². The summed E-state index contributed by atoms with van der Waals surface area (Å²) in [6, 6.07) is 24.8. The number of rotatable bonds is 4. The largest absolute Gasteiger partial charge is 0.503 e. The zero-order valence-corrected chi connectivity index (χ0v) is 16.8. The van der Waals surface area contributed by atoms with Crippen molar-refractivity contribution in [3.63, 3.8) is 0 Å². The number of amides is 1. The lowest BCUT2D eigenvalue weighted by molar-refractivity contribution is -0.117. The van der Waals surface area contributed by atoms with E-state index >= 15 is 0 Å². The fourth-order valence-electron chi connectivity index (χ4n) is 4.10. The van der Waals surface area contributed by atoms with E-state index < -0.39 is 23.5 Å². The van der Waals surface area contributed by atoms with Crippen LogP contribution in [-0.2, 0) is 4.79 Å². The maximum atomic E-state index is 13.5. The van der Waals surface area contributed by atoms with Gasteiger partial charge in [0.2, 0.25) is 5.78 Å². The zero-order chi connectivity index (χ0) is 21.5. The summed E-state index contributed by atoms with van der Waals surface area (Å²) < 4.78 is 5.75. The number of hydrogen-bond donors (Lipinski definition) is 1. The molecule has 1 atom stereocenters. The molecule has 0 radical (unpaired) electrons. The van der Waals surface area contributed by atoms with Gasteiger partial charge in [0.1, 0.15) is 5.58 Å². The molecule has 1 aliphatic heterocycles. The van der Waals surface area contributed by atoms with Crippen molar-refractivity contribution < 1.29 is 19.1 Å². The van der Waals surface area contributed by atoms with Crippen LogP contribution < -0.4 is 4.90 Å². The minimum Gasteiger partial charge on any atom is -0.503 e. The van der Waals surface area contributed by atoms with E-state index in [4.69, 9.17) is 4.42 Å². The van der Waals surface area contributed by atoms with Crippen molar-refractivity contribution >= 4 is 28.3 Å². The van der Waals surface area contributed by atoms with Crippen molar-refractivity contribution in [1.29, 1.82) is 0 Å². The zero-order valence-electron chi connectivity index (χ0n) is 16.8. The number of aliphatic hydroxyl groups is 1. The van der Waals surface area contributed by atoms with Gasteiger partial charge in [0.25, 0.3) is 5.91 Å². The SMILES string of the molecule is Cc1ccccc1N1C(=O)C(O)=C(C(=O)c2cc3ccccc3o2)C1c1ccccc1. The standard InChI is InChI=1S/C26H19NO4/c1-16-9-5-7-13-19(16)27-23(17-10-3-2-4-11-17)22(25(29)26(27)30)24(28)21-15-18-12-6-8-14-20(18)31-21/h2-15,23,29H,1H3. The number of nitrogens with zero attached hydrogens (tertiary/aromatic N) is 1. The highest BCUT2D eigenvalue weighted by molar-refractivity contribution is 6.20. The molecule has 0 saturated heterocycles. The van der Waals surface area contributed by atoms with Crippen molar-refractivity contribution in [1.82, 2.24) is 0 Å². The van der Waals surface area contributed by atoms with E-state index in [2.05, 4.69) is 0 Å². The lowest BCUT2D eigenvalue weighted by Gasteiger charge is -2.28. The minimum absolute atomic E-state index is 0.0125. The average molecular weight is 409 g/mol. The first kappa shape index (κ1) is 18.9. The lowest BCUT2D eigenvalue weighted by Crippen LogP contribution is -2.31. The number of benzene rings is 3. The number of hydrogen-bond acceptors (Lipinski definition) is 4. The van der Waals surface area contributed by atoms with Crippen LogP contribution in [0, 0.1) is 6.92 Å². The number of furan rings is 1. The molecular weight excluding hydrogens is 390 g/mol. The first-order valence-electron chi connectivity index (χ1n) is 9.97. The highest BCUT2D eigenvalue weighted by atomic mass is 16.3. The molecule has 5 heteroatoms. The quantitative estimate of drug-likeness (QED) is 0.450. The summed E-state index contributed by atoms with van der Waals surface area (Å²) >= 11 is 0. The molecule has 1 unspecified atom stereocenters. The third-order valence-corrected chi connectivity index (χ3v) is 5.59. The van der Waals surface area contributed by atoms with E-state index in [1.54, 1.807) is 12.1 Å². The fourth-order valence-corrected chi connectivity index (χ4v) is 4.10. The Labute approximate surface area is 178 Å². The molecule has 1 N–H and O–H groups in total. The number of ketones is 1. The third-order valence-electron chi connectivity index (χ3n) is 5.59. The van der Waals surface area contributed by atoms with Gasteiger partial charge in [-0.05, 0) is 36.2 Å². The van der Waals surface area contributed by atoms with E-state index in [1.807, 2.05) is 79.7 Å². The normalized spacial score (nSPS) is 16.4. The minimum atomic E-state index is -0.768. The summed E-state index contributed by atoms with van der Waals surface area (Å²) in [5, 5.41) is 11.6. The average Bonchev–Trinajstić information content (AvgIpc) is 3.34. The Morgan fingerprint density at radius 2 is 1.61 bits per heavy atom. The molecule has 1 amide bonds. The molecule has 31 heavy (non-hydrogen) atoms. The summed E-state index contributed by atoms with van der Waals surface area (Å²) in [4.78, 5) is 28.2. The molecule has 152 valence electrons. The Bertz CT molecular complexity index is 1320. The monoisotopic (exact) mass is 409 g/mol. The molecule has 5 rings (SSSR count). The van der Waals surface area contributed by atoms with Crippen molar-refractivity contribution in [3.05, 3.63) is 113 Å². The van der Waals surface area contributed by atoms with E-state index in [1.165, 1.54) is 4.90 Å². The van der Waals surface area contributed by atoms with Crippen LogP contribution in [0.2, 0.25) is 0 Å². The van der Waals surface area contributed by atoms with Gasteiger partial charge in [0, 0.05) is 11.1 Å². The Morgan fingerprint density at radius 3 is 2.35 bits per heavy atom. The van der Waals surface area contributed by atoms with Gasteiger partial charge < -0.3 is 9.52 Å². The van der Waals surface area contributed by atoms with E-state index in [-0.39, 0.29) is 11.3 Å². The number of anilines is 1. The third kappa shape index (κ3) is 3.02. The fraction of sp³-hybridized carbons (Fsp3) is 0.0769. The Hall–Kier alpha value is -4.12. The molecule has 1 aromatic heterocycles. The first-order chi connectivity index (χ1) is 15.1. The molecule has 2 heterocycles. The topological polar surface area (TPSA) is 70.8 Å². The van der Waals surface area contributed by atoms with Crippen molar-refractivity contribution in [3.8, 4) is 0 Å². The molecule has 0 saturated carbocycles. The van der Waals surface area contributed by atoms with E-state index in [0.717, 1.165) is 16.5 Å². The van der Waals surface area contributed by atoms with Crippen LogP contribution in [0.15, 0.2) is 101 Å². The number of Topliss-reactive ketones (excluding diaryl/α,β-unsaturated/α-hetero) is 1. The number of carbonyl (C=O) groups is 2. The molecule has 4 aromatic rings. The van der Waals surface area contributed by atoms with Crippen LogP contribution >= 0.6 is 0 Å². The molecule has 5 nitrogen and oxygen atoms in total. The van der Waals surface area contributed by atoms with Gasteiger partial charge in [-0.15, -0.1) is 0 Å². The van der Waals surface area contributed by atoms with Crippen LogP contribution in [0.25, 0.3) is 11.0 Å². The molecule has 3 aromatic carbocycles. The Balaban J connectivity index is 1.68. The van der Waals surface area contributed by atoms with Gasteiger partial charge in [-0.2, -0.15) is 0 Å². The highest BCUT2D eigenvalue weighted by Gasteiger charge is 2.45. The molecule has 0 aliphatic carbocycles. The second-order valence-electron chi connectivity index (χ2n) is 7.51. The maximum absolute atomic E-state index is 13.5.